The van der Waals surface area contributed by atoms with Gasteiger partial charge in [-0.2, -0.15) is 4.31 Å². The maximum absolute atomic E-state index is 12.2. The van der Waals surface area contributed by atoms with Crippen molar-refractivity contribution in [2.24, 2.45) is 0 Å². The van der Waals surface area contributed by atoms with Crippen LogP contribution in [0.15, 0.2) is 46.2 Å². The Bertz CT molecular complexity index is 664. The fraction of sp³-hybridized carbons (Fsp3) is 0.167. The number of furan rings is 1. The quantitative estimate of drug-likeness (QED) is 0.771. The molecule has 0 spiro atoms. The van der Waals surface area contributed by atoms with Gasteiger partial charge in [-0.25, -0.2) is 8.42 Å². The number of nitrogens with zero attached hydrogens (tertiary/aromatic N) is 2. The fourth-order valence-corrected chi connectivity index (χ4v) is 2.59. The summed E-state index contributed by atoms with van der Waals surface area (Å²) in [7, 11) is -2.31. The zero-order valence-electron chi connectivity index (χ0n) is 10.2. The van der Waals surface area contributed by atoms with Gasteiger partial charge in [-0.15, -0.1) is 0 Å². The van der Waals surface area contributed by atoms with Crippen LogP contribution in [0.2, 0.25) is 0 Å². The summed E-state index contributed by atoms with van der Waals surface area (Å²) >= 11 is 0. The first kappa shape index (κ1) is 13.4. The van der Waals surface area contributed by atoms with Crippen LogP contribution in [-0.2, 0) is 16.6 Å². The molecule has 0 aliphatic carbocycles. The average molecular weight is 280 g/mol. The molecule has 2 aromatic heterocycles. The summed E-state index contributed by atoms with van der Waals surface area (Å²) in [6.07, 6.45) is 3.66. The minimum atomic E-state index is -3.75. The van der Waals surface area contributed by atoms with Crippen molar-refractivity contribution in [2.75, 3.05) is 7.05 Å². The van der Waals surface area contributed by atoms with Crippen molar-refractivity contribution >= 4 is 16.3 Å². The van der Waals surface area contributed by atoms with Crippen LogP contribution in [0.3, 0.4) is 0 Å². The van der Waals surface area contributed by atoms with Crippen molar-refractivity contribution in [3.05, 3.63) is 48.0 Å². The molecule has 0 N–H and O–H groups in total. The van der Waals surface area contributed by atoms with E-state index in [1.54, 1.807) is 24.5 Å². The first-order valence-electron chi connectivity index (χ1n) is 5.44. The summed E-state index contributed by atoms with van der Waals surface area (Å²) < 4.78 is 30.4. The van der Waals surface area contributed by atoms with E-state index in [1.165, 1.54) is 19.2 Å². The number of rotatable bonds is 5. The Balaban J connectivity index is 2.22. The van der Waals surface area contributed by atoms with Gasteiger partial charge in [-0.3, -0.25) is 9.78 Å². The summed E-state index contributed by atoms with van der Waals surface area (Å²) in [6, 6.07) is 6.09. The number of hydrogen-bond donors (Lipinski definition) is 0. The summed E-state index contributed by atoms with van der Waals surface area (Å²) in [5.41, 5.74) is 0.760. The van der Waals surface area contributed by atoms with Crippen molar-refractivity contribution < 1.29 is 17.6 Å². The number of aromatic nitrogens is 1. The smallest absolute Gasteiger partial charge is 0.276 e. The monoisotopic (exact) mass is 280 g/mol. The van der Waals surface area contributed by atoms with Crippen LogP contribution in [0.25, 0.3) is 0 Å². The Morgan fingerprint density at radius 3 is 2.74 bits per heavy atom. The van der Waals surface area contributed by atoms with Gasteiger partial charge in [0.15, 0.2) is 12.0 Å². The van der Waals surface area contributed by atoms with Crippen molar-refractivity contribution in [1.29, 1.82) is 0 Å². The van der Waals surface area contributed by atoms with E-state index in [9.17, 15) is 13.2 Å². The van der Waals surface area contributed by atoms with Gasteiger partial charge in [0.2, 0.25) is 5.09 Å². The SMILES string of the molecule is CN(Cc1cccnc1)S(=O)(=O)c1ccc(C=O)o1. The van der Waals surface area contributed by atoms with Gasteiger partial charge in [-0.05, 0) is 23.8 Å². The second-order valence-electron chi connectivity index (χ2n) is 3.90. The molecule has 0 saturated carbocycles. The maximum atomic E-state index is 12.2. The van der Waals surface area contributed by atoms with E-state index in [-0.39, 0.29) is 17.4 Å². The van der Waals surface area contributed by atoms with E-state index in [0.717, 1.165) is 9.87 Å². The number of pyridine rings is 1. The molecule has 0 bridgehead atoms. The number of aldehydes is 1. The van der Waals surface area contributed by atoms with E-state index >= 15 is 0 Å². The second kappa shape index (κ2) is 5.33. The third-order valence-electron chi connectivity index (χ3n) is 2.51. The predicted molar refractivity (Wildman–Crippen MR) is 67.0 cm³/mol. The zero-order valence-corrected chi connectivity index (χ0v) is 11.0. The van der Waals surface area contributed by atoms with Gasteiger partial charge in [0.1, 0.15) is 0 Å². The summed E-state index contributed by atoms with van der Waals surface area (Å²) in [5, 5.41) is -0.249. The molecule has 0 radical (unpaired) electrons. The van der Waals surface area contributed by atoms with Gasteiger partial charge in [-0.1, -0.05) is 6.07 Å². The highest BCUT2D eigenvalue weighted by molar-refractivity contribution is 7.88. The highest BCUT2D eigenvalue weighted by Crippen LogP contribution is 2.18. The van der Waals surface area contributed by atoms with Gasteiger partial charge < -0.3 is 4.42 Å². The molecule has 0 saturated heterocycles. The topological polar surface area (TPSA) is 80.5 Å². The van der Waals surface area contributed by atoms with Crippen LogP contribution in [0.1, 0.15) is 16.1 Å². The van der Waals surface area contributed by atoms with Crippen molar-refractivity contribution in [1.82, 2.24) is 9.29 Å². The van der Waals surface area contributed by atoms with Crippen LogP contribution < -0.4 is 0 Å². The molecule has 2 rings (SSSR count). The number of carbonyl (C=O) groups is 1. The molecule has 19 heavy (non-hydrogen) atoms. The molecule has 0 fully saturated rings. The van der Waals surface area contributed by atoms with Crippen LogP contribution in [0.5, 0.6) is 0 Å². The van der Waals surface area contributed by atoms with E-state index in [1.807, 2.05) is 0 Å². The molecule has 0 aliphatic rings. The Morgan fingerprint density at radius 1 is 1.37 bits per heavy atom. The molecule has 0 amide bonds. The Kier molecular flexibility index (Phi) is 3.77. The lowest BCUT2D eigenvalue weighted by atomic mass is 10.3. The zero-order chi connectivity index (χ0) is 13.9. The lowest BCUT2D eigenvalue weighted by Gasteiger charge is -2.14. The van der Waals surface area contributed by atoms with Gasteiger partial charge in [0.25, 0.3) is 10.0 Å². The Morgan fingerprint density at radius 2 is 2.16 bits per heavy atom. The van der Waals surface area contributed by atoms with E-state index < -0.39 is 10.0 Å². The molecule has 100 valence electrons. The molecule has 0 unspecified atom stereocenters. The van der Waals surface area contributed by atoms with Crippen LogP contribution in [-0.4, -0.2) is 31.0 Å². The fourth-order valence-electron chi connectivity index (χ4n) is 1.52. The lowest BCUT2D eigenvalue weighted by molar-refractivity contribution is 0.109. The predicted octanol–water partition coefficient (Wildman–Crippen LogP) is 1.31. The normalized spacial score (nSPS) is 11.7. The summed E-state index contributed by atoms with van der Waals surface area (Å²) in [4.78, 5) is 14.4. The minimum absolute atomic E-state index is 0.0200. The van der Waals surface area contributed by atoms with Crippen molar-refractivity contribution in [2.45, 2.75) is 11.6 Å². The summed E-state index contributed by atoms with van der Waals surface area (Å²) in [5.74, 6) is -0.0200. The summed E-state index contributed by atoms with van der Waals surface area (Å²) in [6.45, 7) is 0.174. The highest BCUT2D eigenvalue weighted by Gasteiger charge is 2.24. The van der Waals surface area contributed by atoms with E-state index in [4.69, 9.17) is 4.42 Å². The largest absolute Gasteiger partial charge is 0.440 e. The van der Waals surface area contributed by atoms with Gasteiger partial charge in [0.05, 0.1) is 0 Å². The maximum Gasteiger partial charge on any atom is 0.276 e. The highest BCUT2D eigenvalue weighted by atomic mass is 32.2. The molecule has 2 heterocycles. The number of carbonyl (C=O) groups excluding carboxylic acids is 1. The van der Waals surface area contributed by atoms with E-state index in [2.05, 4.69) is 4.98 Å². The van der Waals surface area contributed by atoms with Crippen LogP contribution in [0.4, 0.5) is 0 Å². The van der Waals surface area contributed by atoms with Crippen molar-refractivity contribution in [3.63, 3.8) is 0 Å². The number of hydrogen-bond acceptors (Lipinski definition) is 5. The molecule has 6 nitrogen and oxygen atoms in total. The molecule has 0 atom stereocenters. The van der Waals surface area contributed by atoms with Crippen molar-refractivity contribution in [3.8, 4) is 0 Å². The lowest BCUT2D eigenvalue weighted by Crippen LogP contribution is -2.26. The van der Waals surface area contributed by atoms with Crippen LogP contribution in [0, 0.1) is 0 Å². The molecular weight excluding hydrogens is 268 g/mol. The van der Waals surface area contributed by atoms with Gasteiger partial charge >= 0.3 is 0 Å². The first-order chi connectivity index (χ1) is 9.04. The van der Waals surface area contributed by atoms with Crippen LogP contribution >= 0.6 is 0 Å². The molecular formula is C12H12N2O4S. The molecule has 7 heteroatoms. The first-order valence-corrected chi connectivity index (χ1v) is 6.88. The average Bonchev–Trinajstić information content (AvgIpc) is 2.89. The molecule has 2 aromatic rings. The van der Waals surface area contributed by atoms with E-state index in [0.29, 0.717) is 6.29 Å². The standard InChI is InChI=1S/C12H12N2O4S/c1-14(8-10-3-2-6-13-7-10)19(16,17)12-5-4-11(9-15)18-12/h2-7,9H,8H2,1H3. The van der Waals surface area contributed by atoms with Gasteiger partial charge in [0, 0.05) is 26.0 Å². The minimum Gasteiger partial charge on any atom is -0.440 e. The number of sulfonamides is 1. The second-order valence-corrected chi connectivity index (χ2v) is 5.87. The molecule has 0 aromatic carbocycles. The Labute approximate surface area is 110 Å². The third-order valence-corrected chi connectivity index (χ3v) is 4.19. The third kappa shape index (κ3) is 2.88. The Hall–Kier alpha value is -1.99. The molecule has 0 aliphatic heterocycles.